The summed E-state index contributed by atoms with van der Waals surface area (Å²) in [6, 6.07) is 4.39. The summed E-state index contributed by atoms with van der Waals surface area (Å²) < 4.78 is 0. The molecule has 0 atom stereocenters. The Morgan fingerprint density at radius 3 is 1.89 bits per heavy atom. The molecule has 0 fully saturated rings. The smallest absolute Gasteiger partial charge is 0.0897 e. The molecule has 3 heteroatoms. The fraction of sp³-hybridized carbons (Fsp3) is 0.533. The van der Waals surface area contributed by atoms with Gasteiger partial charge in [-0.1, -0.05) is 27.7 Å². The Bertz CT molecular complexity index is 422. The predicted octanol–water partition coefficient (Wildman–Crippen LogP) is 5.75. The molecular formula is C15H23NS2. The number of aryl methyl sites for hydroxylation is 2. The van der Waals surface area contributed by atoms with Gasteiger partial charge in [0.25, 0.3) is 0 Å². The van der Waals surface area contributed by atoms with Crippen LogP contribution in [0, 0.1) is 13.8 Å². The van der Waals surface area contributed by atoms with Crippen LogP contribution < -0.4 is 0 Å². The molecule has 1 nitrogen and oxygen atoms in total. The molecule has 0 aliphatic heterocycles. The third-order valence-corrected chi connectivity index (χ3v) is 4.65. The lowest BCUT2D eigenvalue weighted by Crippen LogP contribution is -1.85. The lowest BCUT2D eigenvalue weighted by atomic mass is 10.2. The number of nitrogens with zero attached hydrogens (tertiary/aromatic N) is 1. The molecule has 0 amide bonds. The zero-order valence-electron chi connectivity index (χ0n) is 12.2. The molecule has 0 aromatic carbocycles. The van der Waals surface area contributed by atoms with Crippen LogP contribution in [-0.4, -0.2) is 4.98 Å². The summed E-state index contributed by atoms with van der Waals surface area (Å²) in [6.45, 7) is 13.0. The maximum Gasteiger partial charge on any atom is 0.0897 e. The van der Waals surface area contributed by atoms with Gasteiger partial charge in [0, 0.05) is 15.1 Å². The zero-order chi connectivity index (χ0) is 13.7. The van der Waals surface area contributed by atoms with Crippen molar-refractivity contribution in [1.29, 1.82) is 0 Å². The second-order valence-electron chi connectivity index (χ2n) is 5.05. The molecule has 0 aliphatic carbocycles. The first-order valence-corrected chi connectivity index (χ1v) is 8.08. The fourth-order valence-corrected chi connectivity index (χ4v) is 3.06. The van der Waals surface area contributed by atoms with Crippen LogP contribution in [0.15, 0.2) is 17.5 Å². The van der Waals surface area contributed by atoms with E-state index in [0.29, 0.717) is 11.8 Å². The number of hydrogen-bond acceptors (Lipinski definition) is 3. The average molecular weight is 281 g/mol. The van der Waals surface area contributed by atoms with Crippen LogP contribution in [-0.2, 0) is 0 Å². The molecule has 2 heterocycles. The number of thiazole rings is 1. The molecular weight excluding hydrogens is 258 g/mol. The third kappa shape index (κ3) is 4.91. The Hall–Kier alpha value is -0.670. The van der Waals surface area contributed by atoms with Crippen LogP contribution in [0.4, 0.5) is 0 Å². The van der Waals surface area contributed by atoms with Crippen LogP contribution in [0.1, 0.15) is 60.0 Å². The van der Waals surface area contributed by atoms with Gasteiger partial charge in [-0.25, -0.2) is 4.98 Å². The van der Waals surface area contributed by atoms with E-state index in [2.05, 4.69) is 57.1 Å². The van der Waals surface area contributed by atoms with Crippen molar-refractivity contribution in [2.75, 3.05) is 0 Å². The first kappa shape index (κ1) is 15.4. The average Bonchev–Trinajstić information content (AvgIpc) is 2.88. The van der Waals surface area contributed by atoms with E-state index in [-0.39, 0.29) is 0 Å². The molecule has 0 aliphatic rings. The Morgan fingerprint density at radius 1 is 1.00 bits per heavy atom. The molecule has 0 saturated heterocycles. The Labute approximate surface area is 119 Å². The van der Waals surface area contributed by atoms with Gasteiger partial charge in [-0.3, -0.25) is 0 Å². The van der Waals surface area contributed by atoms with E-state index in [9.17, 15) is 0 Å². The summed E-state index contributed by atoms with van der Waals surface area (Å²) in [5, 5.41) is 3.29. The van der Waals surface area contributed by atoms with Crippen LogP contribution in [0.3, 0.4) is 0 Å². The first-order chi connectivity index (χ1) is 8.40. The summed E-state index contributed by atoms with van der Waals surface area (Å²) in [4.78, 5) is 7.24. The highest BCUT2D eigenvalue weighted by Crippen LogP contribution is 2.22. The Balaban J connectivity index is 0.000000180. The lowest BCUT2D eigenvalue weighted by Gasteiger charge is -1.96. The summed E-state index contributed by atoms with van der Waals surface area (Å²) in [7, 11) is 0. The van der Waals surface area contributed by atoms with Crippen LogP contribution >= 0.6 is 22.7 Å². The van der Waals surface area contributed by atoms with Crippen molar-refractivity contribution in [2.24, 2.45) is 0 Å². The molecule has 0 unspecified atom stereocenters. The van der Waals surface area contributed by atoms with Gasteiger partial charge >= 0.3 is 0 Å². The van der Waals surface area contributed by atoms with Gasteiger partial charge in [0.1, 0.15) is 0 Å². The maximum atomic E-state index is 4.33. The summed E-state index contributed by atoms with van der Waals surface area (Å²) in [5.74, 6) is 1.28. The van der Waals surface area contributed by atoms with Gasteiger partial charge in [0.2, 0.25) is 0 Å². The first-order valence-electron chi connectivity index (χ1n) is 6.38. The van der Waals surface area contributed by atoms with Gasteiger partial charge in [-0.05, 0) is 37.8 Å². The molecule has 0 radical (unpaired) electrons. The van der Waals surface area contributed by atoms with Crippen molar-refractivity contribution >= 4 is 22.7 Å². The van der Waals surface area contributed by atoms with Crippen LogP contribution in [0.5, 0.6) is 0 Å². The number of aromatic nitrogens is 1. The number of rotatable bonds is 2. The minimum Gasteiger partial charge on any atom is -0.246 e. The molecule has 2 aromatic rings. The summed E-state index contributed by atoms with van der Waals surface area (Å²) in [5.41, 5.74) is 1.22. The van der Waals surface area contributed by atoms with Gasteiger partial charge in [0.05, 0.1) is 10.7 Å². The fourth-order valence-electron chi connectivity index (χ4n) is 1.41. The van der Waals surface area contributed by atoms with E-state index >= 15 is 0 Å². The molecule has 2 rings (SSSR count). The zero-order valence-corrected chi connectivity index (χ0v) is 13.8. The standard InChI is InChI=1S/C8H12S.C7H11NS/c1-6(2)8-5-4-7(3)9-8;1-5(2)7-4-9-6(3)8-7/h4-6H,1-3H3;4-5H,1-3H3. The van der Waals surface area contributed by atoms with E-state index < -0.39 is 0 Å². The molecule has 18 heavy (non-hydrogen) atoms. The van der Waals surface area contributed by atoms with Crippen molar-refractivity contribution in [3.63, 3.8) is 0 Å². The number of thiophene rings is 1. The molecule has 0 spiro atoms. The molecule has 2 aromatic heterocycles. The predicted molar refractivity (Wildman–Crippen MR) is 84.1 cm³/mol. The minimum absolute atomic E-state index is 0.579. The highest BCUT2D eigenvalue weighted by atomic mass is 32.1. The van der Waals surface area contributed by atoms with Gasteiger partial charge < -0.3 is 0 Å². The monoisotopic (exact) mass is 281 g/mol. The lowest BCUT2D eigenvalue weighted by molar-refractivity contribution is 0.829. The van der Waals surface area contributed by atoms with E-state index in [1.54, 1.807) is 11.3 Å². The van der Waals surface area contributed by atoms with Crippen molar-refractivity contribution < 1.29 is 0 Å². The van der Waals surface area contributed by atoms with Crippen molar-refractivity contribution in [3.8, 4) is 0 Å². The van der Waals surface area contributed by atoms with E-state index in [4.69, 9.17) is 0 Å². The summed E-state index contributed by atoms with van der Waals surface area (Å²) >= 11 is 3.62. The molecule has 100 valence electrons. The van der Waals surface area contributed by atoms with Crippen LogP contribution in [0.2, 0.25) is 0 Å². The number of hydrogen-bond donors (Lipinski definition) is 0. The van der Waals surface area contributed by atoms with E-state index in [1.165, 1.54) is 20.5 Å². The van der Waals surface area contributed by atoms with Gasteiger partial charge in [-0.2, -0.15) is 0 Å². The van der Waals surface area contributed by atoms with Crippen LogP contribution in [0.25, 0.3) is 0 Å². The Kier molecular flexibility index (Phi) is 6.03. The summed E-state index contributed by atoms with van der Waals surface area (Å²) in [6.07, 6.45) is 0. The normalized spacial score (nSPS) is 10.7. The largest absolute Gasteiger partial charge is 0.246 e. The quantitative estimate of drug-likeness (QED) is 0.682. The topological polar surface area (TPSA) is 12.9 Å². The van der Waals surface area contributed by atoms with Crippen molar-refractivity contribution in [2.45, 2.75) is 53.4 Å². The molecule has 0 bridgehead atoms. The Morgan fingerprint density at radius 2 is 1.67 bits per heavy atom. The minimum atomic E-state index is 0.579. The van der Waals surface area contributed by atoms with Gasteiger partial charge in [-0.15, -0.1) is 22.7 Å². The van der Waals surface area contributed by atoms with E-state index in [0.717, 1.165) is 0 Å². The van der Waals surface area contributed by atoms with Gasteiger partial charge in [0.15, 0.2) is 0 Å². The van der Waals surface area contributed by atoms with E-state index in [1.807, 2.05) is 18.3 Å². The molecule has 0 N–H and O–H groups in total. The third-order valence-electron chi connectivity index (χ3n) is 2.56. The highest BCUT2D eigenvalue weighted by molar-refractivity contribution is 7.12. The molecule has 0 saturated carbocycles. The van der Waals surface area contributed by atoms with Crippen molar-refractivity contribution in [1.82, 2.24) is 4.98 Å². The maximum absolute atomic E-state index is 4.33. The highest BCUT2D eigenvalue weighted by Gasteiger charge is 2.01. The second-order valence-corrected chi connectivity index (χ2v) is 7.43. The second kappa shape index (κ2) is 7.05. The van der Waals surface area contributed by atoms with Crippen molar-refractivity contribution in [3.05, 3.63) is 38.0 Å². The SMILES string of the molecule is Cc1ccc(C(C)C)s1.Cc1nc(C(C)C)cs1.